The summed E-state index contributed by atoms with van der Waals surface area (Å²) in [5, 5.41) is 14.0. The van der Waals surface area contributed by atoms with Gasteiger partial charge < -0.3 is 10.1 Å². The maximum atomic E-state index is 10.8. The predicted molar refractivity (Wildman–Crippen MR) is 93.9 cm³/mol. The van der Waals surface area contributed by atoms with Crippen LogP contribution in [-0.2, 0) is 17.9 Å². The van der Waals surface area contributed by atoms with Gasteiger partial charge in [-0.15, -0.1) is 0 Å². The number of nitrogens with zero attached hydrogens (tertiary/aromatic N) is 2. The number of ether oxygens (including phenoxy) is 1. The van der Waals surface area contributed by atoms with Gasteiger partial charge in [0, 0.05) is 12.1 Å². The van der Waals surface area contributed by atoms with Crippen molar-refractivity contribution < 1.29 is 9.66 Å². The Kier molecular flexibility index (Phi) is 5.51. The SMILES string of the molecule is Cc1cc(NCc2cccc(COC(C)(C)C)c2)ncc1[N+](=O)[O-]. The average molecular weight is 329 g/mol. The van der Waals surface area contributed by atoms with Crippen LogP contribution in [0.2, 0.25) is 0 Å². The lowest BCUT2D eigenvalue weighted by Crippen LogP contribution is -2.18. The number of anilines is 1. The van der Waals surface area contributed by atoms with E-state index in [4.69, 9.17) is 4.74 Å². The molecule has 1 N–H and O–H groups in total. The highest BCUT2D eigenvalue weighted by atomic mass is 16.6. The summed E-state index contributed by atoms with van der Waals surface area (Å²) in [6, 6.07) is 9.81. The van der Waals surface area contributed by atoms with Gasteiger partial charge in [0.2, 0.25) is 0 Å². The van der Waals surface area contributed by atoms with Crippen LogP contribution in [0.4, 0.5) is 11.5 Å². The minimum atomic E-state index is -0.426. The molecule has 0 saturated heterocycles. The van der Waals surface area contributed by atoms with E-state index in [0.717, 1.165) is 11.1 Å². The van der Waals surface area contributed by atoms with Crippen molar-refractivity contribution in [3.63, 3.8) is 0 Å². The molecular formula is C18H23N3O3. The minimum Gasteiger partial charge on any atom is -0.371 e. The summed E-state index contributed by atoms with van der Waals surface area (Å²) in [6.45, 7) is 8.94. The summed E-state index contributed by atoms with van der Waals surface area (Å²) < 4.78 is 5.79. The number of hydrogen-bond acceptors (Lipinski definition) is 5. The van der Waals surface area contributed by atoms with E-state index < -0.39 is 4.92 Å². The Morgan fingerprint density at radius 1 is 1.25 bits per heavy atom. The van der Waals surface area contributed by atoms with Crippen molar-refractivity contribution in [1.82, 2.24) is 4.98 Å². The first-order valence-electron chi connectivity index (χ1n) is 7.81. The molecule has 24 heavy (non-hydrogen) atoms. The molecule has 6 nitrogen and oxygen atoms in total. The van der Waals surface area contributed by atoms with Gasteiger partial charge in [-0.25, -0.2) is 4.98 Å². The minimum absolute atomic E-state index is 0.0295. The monoisotopic (exact) mass is 329 g/mol. The van der Waals surface area contributed by atoms with Gasteiger partial charge in [0.15, 0.2) is 0 Å². The Bertz CT molecular complexity index is 724. The molecule has 0 aliphatic rings. The second kappa shape index (κ2) is 7.40. The fourth-order valence-electron chi connectivity index (χ4n) is 2.16. The van der Waals surface area contributed by atoms with Gasteiger partial charge in [-0.05, 0) is 44.9 Å². The summed E-state index contributed by atoms with van der Waals surface area (Å²) >= 11 is 0. The smallest absolute Gasteiger partial charge is 0.290 e. The van der Waals surface area contributed by atoms with E-state index in [0.29, 0.717) is 24.5 Å². The average Bonchev–Trinajstić information content (AvgIpc) is 2.50. The van der Waals surface area contributed by atoms with Crippen LogP contribution in [0.3, 0.4) is 0 Å². The number of nitrogens with one attached hydrogen (secondary N) is 1. The van der Waals surface area contributed by atoms with Crippen LogP contribution in [0.15, 0.2) is 36.5 Å². The quantitative estimate of drug-likeness (QED) is 0.634. The van der Waals surface area contributed by atoms with Gasteiger partial charge in [-0.2, -0.15) is 0 Å². The molecule has 0 radical (unpaired) electrons. The topological polar surface area (TPSA) is 77.3 Å². The molecule has 0 fully saturated rings. The second-order valence-electron chi connectivity index (χ2n) is 6.69. The number of aromatic nitrogens is 1. The highest BCUT2D eigenvalue weighted by Crippen LogP contribution is 2.19. The lowest BCUT2D eigenvalue weighted by molar-refractivity contribution is -0.385. The molecule has 2 rings (SSSR count). The van der Waals surface area contributed by atoms with Crippen molar-refractivity contribution in [2.24, 2.45) is 0 Å². The van der Waals surface area contributed by atoms with Crippen molar-refractivity contribution >= 4 is 11.5 Å². The summed E-state index contributed by atoms with van der Waals surface area (Å²) in [4.78, 5) is 14.5. The zero-order chi connectivity index (χ0) is 17.7. The highest BCUT2D eigenvalue weighted by molar-refractivity contribution is 5.47. The van der Waals surface area contributed by atoms with Gasteiger partial charge in [0.05, 0.1) is 17.1 Å². The first-order chi connectivity index (χ1) is 11.2. The van der Waals surface area contributed by atoms with Gasteiger partial charge in [-0.1, -0.05) is 24.3 Å². The molecule has 0 amide bonds. The molecule has 2 aromatic rings. The van der Waals surface area contributed by atoms with Gasteiger partial charge in [0.25, 0.3) is 5.69 Å². The van der Waals surface area contributed by atoms with Crippen molar-refractivity contribution in [3.05, 3.63) is 63.3 Å². The fraction of sp³-hybridized carbons (Fsp3) is 0.389. The fourth-order valence-corrected chi connectivity index (χ4v) is 2.16. The largest absolute Gasteiger partial charge is 0.371 e. The molecule has 128 valence electrons. The van der Waals surface area contributed by atoms with Crippen molar-refractivity contribution in [3.8, 4) is 0 Å². The molecule has 0 spiro atoms. The third-order valence-electron chi connectivity index (χ3n) is 3.42. The Balaban J connectivity index is 1.99. The van der Waals surface area contributed by atoms with Crippen LogP contribution >= 0.6 is 0 Å². The molecule has 0 aliphatic carbocycles. The summed E-state index contributed by atoms with van der Waals surface area (Å²) in [7, 11) is 0. The number of rotatable bonds is 6. The number of hydrogen-bond donors (Lipinski definition) is 1. The highest BCUT2D eigenvalue weighted by Gasteiger charge is 2.12. The van der Waals surface area contributed by atoms with E-state index >= 15 is 0 Å². The molecule has 1 aromatic carbocycles. The Morgan fingerprint density at radius 3 is 2.58 bits per heavy atom. The number of aryl methyl sites for hydroxylation is 1. The molecule has 0 unspecified atom stereocenters. The van der Waals surface area contributed by atoms with E-state index in [1.807, 2.05) is 39.0 Å². The van der Waals surface area contributed by atoms with E-state index in [-0.39, 0.29) is 11.3 Å². The van der Waals surface area contributed by atoms with Crippen LogP contribution < -0.4 is 5.32 Å². The van der Waals surface area contributed by atoms with Crippen LogP contribution in [0, 0.1) is 17.0 Å². The molecule has 1 aromatic heterocycles. The zero-order valence-electron chi connectivity index (χ0n) is 14.5. The zero-order valence-corrected chi connectivity index (χ0v) is 14.5. The van der Waals surface area contributed by atoms with E-state index in [2.05, 4.69) is 16.4 Å². The molecule has 0 saturated carbocycles. The van der Waals surface area contributed by atoms with Crippen LogP contribution in [0.5, 0.6) is 0 Å². The van der Waals surface area contributed by atoms with Crippen LogP contribution in [0.1, 0.15) is 37.5 Å². The standard InChI is InChI=1S/C18H23N3O3/c1-13-8-17(20-11-16(13)21(22)23)19-10-14-6-5-7-15(9-14)12-24-18(2,3)4/h5-9,11H,10,12H2,1-4H3,(H,19,20). The summed E-state index contributed by atoms with van der Waals surface area (Å²) in [5.74, 6) is 0.620. The molecule has 6 heteroatoms. The molecule has 0 atom stereocenters. The summed E-state index contributed by atoms with van der Waals surface area (Å²) in [5.41, 5.74) is 2.65. The first kappa shape index (κ1) is 17.9. The third kappa shape index (κ3) is 5.31. The normalized spacial score (nSPS) is 11.3. The number of nitro groups is 1. The van der Waals surface area contributed by atoms with Crippen LogP contribution in [-0.4, -0.2) is 15.5 Å². The van der Waals surface area contributed by atoms with E-state index in [1.54, 1.807) is 13.0 Å². The summed E-state index contributed by atoms with van der Waals surface area (Å²) in [6.07, 6.45) is 1.28. The predicted octanol–water partition coefficient (Wildman–Crippen LogP) is 4.23. The molecule has 0 aliphatic heterocycles. The Morgan fingerprint density at radius 2 is 1.96 bits per heavy atom. The lowest BCUT2D eigenvalue weighted by atomic mass is 10.1. The molecule has 1 heterocycles. The van der Waals surface area contributed by atoms with Gasteiger partial charge in [0.1, 0.15) is 12.0 Å². The Hall–Kier alpha value is -2.47. The lowest BCUT2D eigenvalue weighted by Gasteiger charge is -2.19. The van der Waals surface area contributed by atoms with E-state index in [1.165, 1.54) is 6.20 Å². The van der Waals surface area contributed by atoms with Crippen molar-refractivity contribution in [1.29, 1.82) is 0 Å². The maximum absolute atomic E-state index is 10.8. The number of pyridine rings is 1. The van der Waals surface area contributed by atoms with Gasteiger partial charge in [-0.3, -0.25) is 10.1 Å². The van der Waals surface area contributed by atoms with Crippen LogP contribution in [0.25, 0.3) is 0 Å². The maximum Gasteiger partial charge on any atom is 0.290 e. The second-order valence-corrected chi connectivity index (χ2v) is 6.69. The Labute approximate surface area is 142 Å². The van der Waals surface area contributed by atoms with E-state index in [9.17, 15) is 10.1 Å². The molecular weight excluding hydrogens is 306 g/mol. The van der Waals surface area contributed by atoms with Crippen molar-refractivity contribution in [2.75, 3.05) is 5.32 Å². The van der Waals surface area contributed by atoms with Gasteiger partial charge >= 0.3 is 0 Å². The third-order valence-corrected chi connectivity index (χ3v) is 3.42. The van der Waals surface area contributed by atoms with Crippen molar-refractivity contribution in [2.45, 2.75) is 46.4 Å². The molecule has 0 bridgehead atoms. The first-order valence-corrected chi connectivity index (χ1v) is 7.81. The number of benzene rings is 1.